The summed E-state index contributed by atoms with van der Waals surface area (Å²) in [6, 6.07) is 9.45. The number of rotatable bonds is 7. The SMILES string of the molecule is C=CCOc1ccccc1CNC(=NC)NC1CCN(C2CCCC2)CC1. The topological polar surface area (TPSA) is 48.9 Å². The van der Waals surface area contributed by atoms with E-state index in [9.17, 15) is 0 Å². The highest BCUT2D eigenvalue weighted by Gasteiger charge is 2.27. The summed E-state index contributed by atoms with van der Waals surface area (Å²) in [7, 11) is 1.84. The predicted octanol–water partition coefficient (Wildman–Crippen LogP) is 3.32. The first-order chi connectivity index (χ1) is 13.3. The van der Waals surface area contributed by atoms with E-state index in [1.165, 1.54) is 51.6 Å². The molecule has 0 spiro atoms. The Kier molecular flexibility index (Phi) is 7.57. The maximum atomic E-state index is 5.74. The van der Waals surface area contributed by atoms with Gasteiger partial charge in [-0.1, -0.05) is 43.7 Å². The van der Waals surface area contributed by atoms with E-state index in [-0.39, 0.29) is 0 Å². The largest absolute Gasteiger partial charge is 0.489 e. The summed E-state index contributed by atoms with van der Waals surface area (Å²) in [4.78, 5) is 7.11. The Bertz CT molecular complexity index is 616. The van der Waals surface area contributed by atoms with Gasteiger partial charge in [0.15, 0.2) is 5.96 Å². The molecular formula is C22H34N4O. The first-order valence-corrected chi connectivity index (χ1v) is 10.3. The molecule has 1 aromatic rings. The Hall–Kier alpha value is -2.01. The monoisotopic (exact) mass is 370 g/mol. The highest BCUT2D eigenvalue weighted by Crippen LogP contribution is 2.26. The van der Waals surface area contributed by atoms with E-state index in [0.29, 0.717) is 19.2 Å². The summed E-state index contributed by atoms with van der Waals surface area (Å²) < 4.78 is 5.74. The Morgan fingerprint density at radius 1 is 1.22 bits per heavy atom. The maximum Gasteiger partial charge on any atom is 0.191 e. The fourth-order valence-corrected chi connectivity index (χ4v) is 4.18. The number of ether oxygens (including phenoxy) is 1. The molecule has 0 bridgehead atoms. The zero-order valence-electron chi connectivity index (χ0n) is 16.6. The van der Waals surface area contributed by atoms with Gasteiger partial charge in [0.05, 0.1) is 0 Å². The van der Waals surface area contributed by atoms with Gasteiger partial charge in [0.25, 0.3) is 0 Å². The molecule has 2 aliphatic rings. The fourth-order valence-electron chi connectivity index (χ4n) is 4.18. The zero-order chi connectivity index (χ0) is 18.9. The minimum absolute atomic E-state index is 0.501. The lowest BCUT2D eigenvalue weighted by atomic mass is 10.0. The van der Waals surface area contributed by atoms with Crippen molar-refractivity contribution < 1.29 is 4.74 Å². The van der Waals surface area contributed by atoms with Gasteiger partial charge in [0.2, 0.25) is 0 Å². The second-order valence-corrected chi connectivity index (χ2v) is 7.53. The lowest BCUT2D eigenvalue weighted by Crippen LogP contribution is -2.50. The summed E-state index contributed by atoms with van der Waals surface area (Å²) in [5.41, 5.74) is 1.12. The smallest absolute Gasteiger partial charge is 0.191 e. The summed E-state index contributed by atoms with van der Waals surface area (Å²) in [6.45, 7) is 7.33. The molecule has 0 amide bonds. The van der Waals surface area contributed by atoms with E-state index in [1.54, 1.807) is 6.08 Å². The molecule has 2 fully saturated rings. The van der Waals surface area contributed by atoms with Gasteiger partial charge in [0, 0.05) is 44.3 Å². The molecule has 0 atom stereocenters. The quantitative estimate of drug-likeness (QED) is 0.439. The summed E-state index contributed by atoms with van der Waals surface area (Å²) >= 11 is 0. The molecular weight excluding hydrogens is 336 g/mol. The van der Waals surface area contributed by atoms with Crippen LogP contribution in [0.4, 0.5) is 0 Å². The molecule has 1 heterocycles. The van der Waals surface area contributed by atoms with Crippen molar-refractivity contribution in [2.75, 3.05) is 26.7 Å². The Balaban J connectivity index is 1.45. The number of aliphatic imine (C=N–C) groups is 1. The molecule has 0 unspecified atom stereocenters. The standard InChI is InChI=1S/C22H34N4O/c1-3-16-27-21-11-7-4-8-18(21)17-24-22(23-2)25-19-12-14-26(15-13-19)20-9-5-6-10-20/h3-4,7-8,11,19-20H,1,5-6,9-10,12-17H2,2H3,(H2,23,24,25). The Morgan fingerprint density at radius 2 is 1.96 bits per heavy atom. The number of benzene rings is 1. The van der Waals surface area contributed by atoms with Crippen LogP contribution < -0.4 is 15.4 Å². The summed E-state index contributed by atoms with van der Waals surface area (Å²) in [5.74, 6) is 1.76. The molecule has 5 heteroatoms. The van der Waals surface area contributed by atoms with Crippen LogP contribution in [0.15, 0.2) is 41.9 Å². The van der Waals surface area contributed by atoms with Gasteiger partial charge in [-0.3, -0.25) is 4.99 Å². The zero-order valence-corrected chi connectivity index (χ0v) is 16.6. The van der Waals surface area contributed by atoms with E-state index in [1.807, 2.05) is 25.2 Å². The van der Waals surface area contributed by atoms with Gasteiger partial charge in [-0.05, 0) is 31.7 Å². The van der Waals surface area contributed by atoms with Gasteiger partial charge in [-0.2, -0.15) is 0 Å². The van der Waals surface area contributed by atoms with Crippen molar-refractivity contribution in [3.8, 4) is 5.75 Å². The highest BCUT2D eigenvalue weighted by molar-refractivity contribution is 5.80. The fraction of sp³-hybridized carbons (Fsp3) is 0.591. The first kappa shape index (κ1) is 19.7. The van der Waals surface area contributed by atoms with Crippen LogP contribution in [-0.4, -0.2) is 49.7 Å². The van der Waals surface area contributed by atoms with Crippen molar-refractivity contribution >= 4 is 5.96 Å². The van der Waals surface area contributed by atoms with Crippen LogP contribution in [-0.2, 0) is 6.54 Å². The molecule has 0 radical (unpaired) electrons. The van der Waals surface area contributed by atoms with Crippen molar-refractivity contribution in [2.45, 2.75) is 57.2 Å². The molecule has 27 heavy (non-hydrogen) atoms. The number of likely N-dealkylation sites (tertiary alicyclic amines) is 1. The molecule has 1 aliphatic carbocycles. The van der Waals surface area contributed by atoms with Gasteiger partial charge in [-0.15, -0.1) is 0 Å². The van der Waals surface area contributed by atoms with E-state index in [0.717, 1.165) is 23.3 Å². The second-order valence-electron chi connectivity index (χ2n) is 7.53. The van der Waals surface area contributed by atoms with E-state index >= 15 is 0 Å². The number of nitrogens with zero attached hydrogens (tertiary/aromatic N) is 2. The minimum atomic E-state index is 0.501. The second kappa shape index (κ2) is 10.4. The minimum Gasteiger partial charge on any atom is -0.489 e. The van der Waals surface area contributed by atoms with Crippen LogP contribution in [0.3, 0.4) is 0 Å². The summed E-state index contributed by atoms with van der Waals surface area (Å²) in [5, 5.41) is 7.04. The van der Waals surface area contributed by atoms with Crippen molar-refractivity contribution in [3.05, 3.63) is 42.5 Å². The van der Waals surface area contributed by atoms with E-state index in [4.69, 9.17) is 4.74 Å². The predicted molar refractivity (Wildman–Crippen MR) is 112 cm³/mol. The molecule has 148 valence electrons. The number of para-hydroxylation sites is 1. The van der Waals surface area contributed by atoms with Crippen LogP contribution in [0.2, 0.25) is 0 Å². The normalized spacial score (nSPS) is 19.8. The molecule has 2 N–H and O–H groups in total. The third kappa shape index (κ3) is 5.73. The van der Waals surface area contributed by atoms with Gasteiger partial charge in [-0.25, -0.2) is 0 Å². The Morgan fingerprint density at radius 3 is 2.67 bits per heavy atom. The molecule has 3 rings (SSSR count). The average molecular weight is 371 g/mol. The lowest BCUT2D eigenvalue weighted by Gasteiger charge is -2.36. The third-order valence-electron chi connectivity index (χ3n) is 5.71. The molecule has 1 saturated heterocycles. The van der Waals surface area contributed by atoms with Crippen LogP contribution in [0.1, 0.15) is 44.1 Å². The van der Waals surface area contributed by atoms with E-state index in [2.05, 4.69) is 33.2 Å². The highest BCUT2D eigenvalue weighted by atomic mass is 16.5. The molecule has 1 saturated carbocycles. The molecule has 5 nitrogen and oxygen atoms in total. The van der Waals surface area contributed by atoms with Crippen LogP contribution in [0, 0.1) is 0 Å². The number of guanidine groups is 1. The van der Waals surface area contributed by atoms with E-state index < -0.39 is 0 Å². The lowest BCUT2D eigenvalue weighted by molar-refractivity contribution is 0.150. The van der Waals surface area contributed by atoms with Crippen molar-refractivity contribution in [3.63, 3.8) is 0 Å². The third-order valence-corrected chi connectivity index (χ3v) is 5.71. The van der Waals surface area contributed by atoms with Gasteiger partial charge in [0.1, 0.15) is 12.4 Å². The van der Waals surface area contributed by atoms with Crippen molar-refractivity contribution in [1.82, 2.24) is 15.5 Å². The van der Waals surface area contributed by atoms with Crippen LogP contribution >= 0.6 is 0 Å². The molecule has 1 aliphatic heterocycles. The molecule has 1 aromatic carbocycles. The van der Waals surface area contributed by atoms with Gasteiger partial charge >= 0.3 is 0 Å². The Labute approximate surface area is 163 Å². The molecule has 0 aromatic heterocycles. The maximum absolute atomic E-state index is 5.74. The summed E-state index contributed by atoms with van der Waals surface area (Å²) in [6.07, 6.45) is 9.77. The first-order valence-electron chi connectivity index (χ1n) is 10.3. The number of hydrogen-bond acceptors (Lipinski definition) is 3. The average Bonchev–Trinajstić information content (AvgIpc) is 3.25. The van der Waals surface area contributed by atoms with Gasteiger partial charge < -0.3 is 20.3 Å². The van der Waals surface area contributed by atoms with Crippen LogP contribution in [0.25, 0.3) is 0 Å². The van der Waals surface area contributed by atoms with Crippen LogP contribution in [0.5, 0.6) is 5.75 Å². The van der Waals surface area contributed by atoms with Crippen molar-refractivity contribution in [1.29, 1.82) is 0 Å². The number of hydrogen-bond donors (Lipinski definition) is 2. The van der Waals surface area contributed by atoms with Crippen molar-refractivity contribution in [2.24, 2.45) is 4.99 Å². The number of nitrogens with one attached hydrogen (secondary N) is 2. The number of piperidine rings is 1.